The van der Waals surface area contributed by atoms with E-state index in [1.807, 2.05) is 6.92 Å². The Morgan fingerprint density at radius 2 is 2.14 bits per heavy atom. The van der Waals surface area contributed by atoms with E-state index in [0.717, 1.165) is 30.6 Å². The van der Waals surface area contributed by atoms with Crippen LogP contribution >= 0.6 is 0 Å². The van der Waals surface area contributed by atoms with E-state index >= 15 is 0 Å². The fourth-order valence-corrected chi connectivity index (χ4v) is 3.87. The standard InChI is InChI=1S/C19H26N2O/c1-4-16-14(3)20-18-10-6-5-9-17(18)19(16)21-11-7-8-15(21)12-13(2)22/h5-6,9-10,13,15,22H,4,7-8,11-12H2,1-3H3. The average molecular weight is 298 g/mol. The second-order valence-electron chi connectivity index (χ2n) is 6.47. The van der Waals surface area contributed by atoms with Crippen LogP contribution in [0.1, 0.15) is 44.4 Å². The molecule has 1 aliphatic rings. The Morgan fingerprint density at radius 3 is 2.86 bits per heavy atom. The summed E-state index contributed by atoms with van der Waals surface area (Å²) in [6.45, 7) is 7.31. The molecule has 0 aliphatic carbocycles. The van der Waals surface area contributed by atoms with Crippen molar-refractivity contribution in [3.8, 4) is 0 Å². The van der Waals surface area contributed by atoms with Crippen LogP contribution in [0.5, 0.6) is 0 Å². The molecular weight excluding hydrogens is 272 g/mol. The Bertz CT molecular complexity index is 666. The molecular formula is C19H26N2O. The monoisotopic (exact) mass is 298 g/mol. The van der Waals surface area contributed by atoms with E-state index in [0.29, 0.717) is 6.04 Å². The van der Waals surface area contributed by atoms with Crippen molar-refractivity contribution in [2.45, 2.75) is 58.6 Å². The number of nitrogens with zero attached hydrogens (tertiary/aromatic N) is 2. The van der Waals surface area contributed by atoms with E-state index in [2.05, 4.69) is 43.0 Å². The number of hydrogen-bond acceptors (Lipinski definition) is 3. The van der Waals surface area contributed by atoms with E-state index in [9.17, 15) is 5.11 Å². The molecule has 1 aliphatic heterocycles. The second kappa shape index (κ2) is 6.25. The van der Waals surface area contributed by atoms with Gasteiger partial charge in [-0.15, -0.1) is 0 Å². The maximum Gasteiger partial charge on any atom is 0.0726 e. The van der Waals surface area contributed by atoms with Crippen LogP contribution in [-0.4, -0.2) is 28.8 Å². The van der Waals surface area contributed by atoms with Crippen molar-refractivity contribution >= 4 is 16.6 Å². The topological polar surface area (TPSA) is 36.4 Å². The summed E-state index contributed by atoms with van der Waals surface area (Å²) in [4.78, 5) is 7.32. The van der Waals surface area contributed by atoms with Crippen molar-refractivity contribution in [1.82, 2.24) is 4.98 Å². The molecule has 0 spiro atoms. The van der Waals surface area contributed by atoms with Crippen LogP contribution in [0.3, 0.4) is 0 Å². The number of para-hydroxylation sites is 1. The Labute approximate surface area is 133 Å². The first kappa shape index (κ1) is 15.3. The molecule has 0 radical (unpaired) electrons. The molecule has 1 fully saturated rings. The Hall–Kier alpha value is -1.61. The summed E-state index contributed by atoms with van der Waals surface area (Å²) in [6, 6.07) is 8.89. The molecule has 2 aromatic rings. The summed E-state index contributed by atoms with van der Waals surface area (Å²) >= 11 is 0. The van der Waals surface area contributed by atoms with Gasteiger partial charge in [0.2, 0.25) is 0 Å². The van der Waals surface area contributed by atoms with E-state index in [-0.39, 0.29) is 6.10 Å². The van der Waals surface area contributed by atoms with Gasteiger partial charge in [0.15, 0.2) is 0 Å². The minimum Gasteiger partial charge on any atom is -0.393 e. The normalized spacial score (nSPS) is 19.8. The zero-order chi connectivity index (χ0) is 15.7. The Morgan fingerprint density at radius 1 is 1.36 bits per heavy atom. The number of benzene rings is 1. The third-order valence-electron chi connectivity index (χ3n) is 4.80. The number of aryl methyl sites for hydroxylation is 1. The van der Waals surface area contributed by atoms with Crippen molar-refractivity contribution in [3.05, 3.63) is 35.5 Å². The number of hydrogen-bond donors (Lipinski definition) is 1. The lowest BCUT2D eigenvalue weighted by Gasteiger charge is -2.31. The van der Waals surface area contributed by atoms with E-state index in [1.54, 1.807) is 0 Å². The van der Waals surface area contributed by atoms with Crippen LogP contribution in [-0.2, 0) is 6.42 Å². The van der Waals surface area contributed by atoms with Gasteiger partial charge < -0.3 is 10.0 Å². The van der Waals surface area contributed by atoms with E-state index < -0.39 is 0 Å². The molecule has 1 N–H and O–H groups in total. The highest BCUT2D eigenvalue weighted by molar-refractivity contribution is 5.94. The molecule has 2 unspecified atom stereocenters. The van der Waals surface area contributed by atoms with Gasteiger partial charge in [-0.05, 0) is 51.2 Å². The highest BCUT2D eigenvalue weighted by Crippen LogP contribution is 2.37. The molecule has 22 heavy (non-hydrogen) atoms. The average Bonchev–Trinajstić information content (AvgIpc) is 2.92. The first-order valence-electron chi connectivity index (χ1n) is 8.44. The van der Waals surface area contributed by atoms with Crippen LogP contribution in [0.25, 0.3) is 10.9 Å². The van der Waals surface area contributed by atoms with Gasteiger partial charge in [0, 0.05) is 23.7 Å². The summed E-state index contributed by atoms with van der Waals surface area (Å²) in [7, 11) is 0. The summed E-state index contributed by atoms with van der Waals surface area (Å²) in [5, 5.41) is 11.1. The molecule has 1 aromatic heterocycles. The molecule has 118 valence electrons. The maximum absolute atomic E-state index is 9.83. The minimum absolute atomic E-state index is 0.245. The summed E-state index contributed by atoms with van der Waals surface area (Å²) < 4.78 is 0. The van der Waals surface area contributed by atoms with Gasteiger partial charge in [-0.3, -0.25) is 4.98 Å². The molecule has 3 rings (SSSR count). The van der Waals surface area contributed by atoms with Crippen LogP contribution in [0.4, 0.5) is 5.69 Å². The zero-order valence-corrected chi connectivity index (χ0v) is 13.8. The van der Waals surface area contributed by atoms with Gasteiger partial charge in [-0.2, -0.15) is 0 Å². The molecule has 3 nitrogen and oxygen atoms in total. The lowest BCUT2D eigenvalue weighted by molar-refractivity contribution is 0.175. The lowest BCUT2D eigenvalue weighted by Crippen LogP contribution is -2.33. The van der Waals surface area contributed by atoms with Gasteiger partial charge in [0.1, 0.15) is 0 Å². The zero-order valence-electron chi connectivity index (χ0n) is 13.8. The molecule has 3 heteroatoms. The minimum atomic E-state index is -0.245. The highest BCUT2D eigenvalue weighted by atomic mass is 16.3. The number of fused-ring (bicyclic) bond motifs is 1. The summed E-state index contributed by atoms with van der Waals surface area (Å²) in [5.41, 5.74) is 4.93. The second-order valence-corrected chi connectivity index (χ2v) is 6.47. The molecule has 1 saturated heterocycles. The number of aliphatic hydroxyl groups is 1. The maximum atomic E-state index is 9.83. The fourth-order valence-electron chi connectivity index (χ4n) is 3.87. The van der Waals surface area contributed by atoms with Gasteiger partial charge in [-0.25, -0.2) is 0 Å². The van der Waals surface area contributed by atoms with Crippen molar-refractivity contribution < 1.29 is 5.11 Å². The predicted molar refractivity (Wildman–Crippen MR) is 92.5 cm³/mol. The number of anilines is 1. The quantitative estimate of drug-likeness (QED) is 0.931. The first-order chi connectivity index (χ1) is 10.6. The van der Waals surface area contributed by atoms with Crippen LogP contribution in [0, 0.1) is 6.92 Å². The number of aromatic nitrogens is 1. The number of pyridine rings is 1. The van der Waals surface area contributed by atoms with Gasteiger partial charge in [-0.1, -0.05) is 25.1 Å². The van der Waals surface area contributed by atoms with Gasteiger partial charge in [0.05, 0.1) is 17.3 Å². The molecule has 0 amide bonds. The van der Waals surface area contributed by atoms with Crippen molar-refractivity contribution in [1.29, 1.82) is 0 Å². The number of rotatable bonds is 4. The van der Waals surface area contributed by atoms with Crippen molar-refractivity contribution in [3.63, 3.8) is 0 Å². The smallest absolute Gasteiger partial charge is 0.0726 e. The molecule has 0 saturated carbocycles. The lowest BCUT2D eigenvalue weighted by atomic mass is 10.0. The van der Waals surface area contributed by atoms with Crippen molar-refractivity contribution in [2.75, 3.05) is 11.4 Å². The first-order valence-corrected chi connectivity index (χ1v) is 8.44. The number of aliphatic hydroxyl groups excluding tert-OH is 1. The van der Waals surface area contributed by atoms with Gasteiger partial charge in [0.25, 0.3) is 0 Å². The third kappa shape index (κ3) is 2.70. The molecule has 2 atom stereocenters. The Kier molecular flexibility index (Phi) is 4.34. The molecule has 0 bridgehead atoms. The van der Waals surface area contributed by atoms with Crippen LogP contribution in [0.15, 0.2) is 24.3 Å². The largest absolute Gasteiger partial charge is 0.393 e. The Balaban J connectivity index is 2.15. The van der Waals surface area contributed by atoms with E-state index in [1.165, 1.54) is 29.5 Å². The molecule has 1 aromatic carbocycles. The third-order valence-corrected chi connectivity index (χ3v) is 4.80. The SMILES string of the molecule is CCc1c(C)nc2ccccc2c1N1CCCC1CC(C)O. The van der Waals surface area contributed by atoms with Gasteiger partial charge >= 0.3 is 0 Å². The predicted octanol–water partition coefficient (Wildman–Crippen LogP) is 3.85. The summed E-state index contributed by atoms with van der Waals surface area (Å²) in [5.74, 6) is 0. The summed E-state index contributed by atoms with van der Waals surface area (Å²) in [6.07, 6.45) is 3.97. The highest BCUT2D eigenvalue weighted by Gasteiger charge is 2.29. The fraction of sp³-hybridized carbons (Fsp3) is 0.526. The van der Waals surface area contributed by atoms with Crippen LogP contribution in [0.2, 0.25) is 0 Å². The van der Waals surface area contributed by atoms with Crippen LogP contribution < -0.4 is 4.90 Å². The van der Waals surface area contributed by atoms with E-state index in [4.69, 9.17) is 4.98 Å². The molecule has 2 heterocycles. The van der Waals surface area contributed by atoms with Crippen molar-refractivity contribution in [2.24, 2.45) is 0 Å².